The third-order valence-corrected chi connectivity index (χ3v) is 3.71. The van der Waals surface area contributed by atoms with Crippen molar-refractivity contribution in [1.29, 1.82) is 0 Å². The maximum Gasteiger partial charge on any atom is 0.218 e. The summed E-state index contributed by atoms with van der Waals surface area (Å²) >= 11 is 0. The van der Waals surface area contributed by atoms with E-state index in [1.165, 1.54) is 0 Å². The highest BCUT2D eigenvalue weighted by atomic mass is 127. The molecular weight excluding hydrogens is 459 g/mol. The van der Waals surface area contributed by atoms with Crippen LogP contribution >= 0.6 is 24.0 Å². The summed E-state index contributed by atoms with van der Waals surface area (Å²) in [6.07, 6.45) is 1.72. The molecule has 7 nitrogen and oxygen atoms in total. The van der Waals surface area contributed by atoms with Crippen LogP contribution in [0.3, 0.4) is 0 Å². The van der Waals surface area contributed by atoms with Gasteiger partial charge in [0.05, 0.1) is 20.8 Å². The van der Waals surface area contributed by atoms with Crippen LogP contribution in [0.25, 0.3) is 0 Å². The number of halogens is 1. The first-order valence-electron chi connectivity index (χ1n) is 8.43. The summed E-state index contributed by atoms with van der Waals surface area (Å²) in [5.74, 6) is 2.73. The number of methoxy groups -OCH3 is 2. The lowest BCUT2D eigenvalue weighted by Gasteiger charge is -2.14. The average molecular weight is 486 g/mol. The summed E-state index contributed by atoms with van der Waals surface area (Å²) < 4.78 is 16.1. The summed E-state index contributed by atoms with van der Waals surface area (Å²) in [6, 6.07) is 9.67. The van der Waals surface area contributed by atoms with Crippen LogP contribution < -0.4 is 24.8 Å². The molecule has 2 N–H and O–H groups in total. The molecule has 2 aromatic rings. The fourth-order valence-electron chi connectivity index (χ4n) is 2.40. The zero-order chi connectivity index (χ0) is 18.8. The van der Waals surface area contributed by atoms with E-state index in [9.17, 15) is 0 Å². The zero-order valence-corrected chi connectivity index (χ0v) is 18.4. The van der Waals surface area contributed by atoms with Gasteiger partial charge in [0.25, 0.3) is 0 Å². The smallest absolute Gasteiger partial charge is 0.218 e. The number of aromatic nitrogens is 1. The molecule has 27 heavy (non-hydrogen) atoms. The molecule has 0 aliphatic carbocycles. The van der Waals surface area contributed by atoms with Crippen LogP contribution in [0.5, 0.6) is 17.4 Å². The predicted molar refractivity (Wildman–Crippen MR) is 117 cm³/mol. The number of hydrogen-bond acceptors (Lipinski definition) is 5. The van der Waals surface area contributed by atoms with Crippen molar-refractivity contribution in [2.24, 2.45) is 4.99 Å². The van der Waals surface area contributed by atoms with Gasteiger partial charge in [0, 0.05) is 31.9 Å². The first-order valence-corrected chi connectivity index (χ1v) is 8.43. The van der Waals surface area contributed by atoms with E-state index >= 15 is 0 Å². The molecule has 0 aliphatic heterocycles. The zero-order valence-electron chi connectivity index (χ0n) is 16.1. The molecule has 0 fully saturated rings. The van der Waals surface area contributed by atoms with Gasteiger partial charge < -0.3 is 24.8 Å². The standard InChI is InChI=1S/C19H26N4O3.HI/c1-5-26-18-15(7-6-10-21-18)13-23-19(20-2)22-12-14-8-9-16(24-3)17(11-14)25-4;/h6-11H,5,12-13H2,1-4H3,(H2,20,22,23);1H. The Morgan fingerprint density at radius 3 is 2.48 bits per heavy atom. The second kappa shape index (κ2) is 12.2. The number of nitrogens with one attached hydrogen (secondary N) is 2. The minimum atomic E-state index is 0. The van der Waals surface area contributed by atoms with Gasteiger partial charge in [-0.15, -0.1) is 24.0 Å². The van der Waals surface area contributed by atoms with E-state index in [0.717, 1.165) is 11.1 Å². The van der Waals surface area contributed by atoms with Crippen molar-refractivity contribution in [2.45, 2.75) is 20.0 Å². The Morgan fingerprint density at radius 2 is 1.81 bits per heavy atom. The monoisotopic (exact) mass is 486 g/mol. The number of aliphatic imine (C=N–C) groups is 1. The predicted octanol–water partition coefficient (Wildman–Crippen LogP) is 2.98. The molecule has 0 saturated heterocycles. The Kier molecular flexibility index (Phi) is 10.3. The highest BCUT2D eigenvalue weighted by Crippen LogP contribution is 2.27. The lowest BCUT2D eigenvalue weighted by Crippen LogP contribution is -2.36. The molecule has 0 atom stereocenters. The van der Waals surface area contributed by atoms with Gasteiger partial charge in [-0.2, -0.15) is 0 Å². The number of rotatable bonds is 8. The van der Waals surface area contributed by atoms with Crippen molar-refractivity contribution in [3.8, 4) is 17.4 Å². The number of benzene rings is 1. The fraction of sp³-hybridized carbons (Fsp3) is 0.368. The van der Waals surface area contributed by atoms with Crippen LogP contribution in [0.4, 0.5) is 0 Å². The highest BCUT2D eigenvalue weighted by Gasteiger charge is 2.07. The van der Waals surface area contributed by atoms with E-state index in [4.69, 9.17) is 14.2 Å². The maximum atomic E-state index is 5.54. The van der Waals surface area contributed by atoms with Crippen molar-refractivity contribution >= 4 is 29.9 Å². The normalized spacial score (nSPS) is 10.6. The number of guanidine groups is 1. The van der Waals surface area contributed by atoms with Gasteiger partial charge in [0.15, 0.2) is 17.5 Å². The van der Waals surface area contributed by atoms with Crippen LogP contribution in [-0.2, 0) is 13.1 Å². The largest absolute Gasteiger partial charge is 0.493 e. The van der Waals surface area contributed by atoms with Crippen LogP contribution in [0.15, 0.2) is 41.5 Å². The summed E-state index contributed by atoms with van der Waals surface area (Å²) in [7, 11) is 4.98. The van der Waals surface area contributed by atoms with E-state index < -0.39 is 0 Å². The minimum Gasteiger partial charge on any atom is -0.493 e. The van der Waals surface area contributed by atoms with E-state index in [1.54, 1.807) is 27.5 Å². The summed E-state index contributed by atoms with van der Waals surface area (Å²) in [6.45, 7) is 3.69. The fourth-order valence-corrected chi connectivity index (χ4v) is 2.40. The maximum absolute atomic E-state index is 5.54. The Labute approximate surface area is 177 Å². The Bertz CT molecular complexity index is 741. The Morgan fingerprint density at radius 1 is 1.07 bits per heavy atom. The molecular formula is C19H27IN4O3. The van der Waals surface area contributed by atoms with E-state index in [2.05, 4.69) is 20.6 Å². The minimum absolute atomic E-state index is 0. The third kappa shape index (κ3) is 6.78. The van der Waals surface area contributed by atoms with E-state index in [1.807, 2.05) is 37.3 Å². The molecule has 8 heteroatoms. The average Bonchev–Trinajstić information content (AvgIpc) is 2.69. The van der Waals surface area contributed by atoms with Gasteiger partial charge in [0.2, 0.25) is 5.88 Å². The molecule has 0 spiro atoms. The van der Waals surface area contributed by atoms with Crippen LogP contribution in [-0.4, -0.2) is 38.8 Å². The number of pyridine rings is 1. The second-order valence-electron chi connectivity index (χ2n) is 5.37. The lowest BCUT2D eigenvalue weighted by molar-refractivity contribution is 0.322. The Hall–Kier alpha value is -2.23. The third-order valence-electron chi connectivity index (χ3n) is 3.71. The van der Waals surface area contributed by atoms with Gasteiger partial charge in [-0.05, 0) is 30.7 Å². The van der Waals surface area contributed by atoms with Crippen molar-refractivity contribution in [3.05, 3.63) is 47.7 Å². The van der Waals surface area contributed by atoms with Gasteiger partial charge in [-0.3, -0.25) is 4.99 Å². The van der Waals surface area contributed by atoms with E-state index in [-0.39, 0.29) is 24.0 Å². The van der Waals surface area contributed by atoms with E-state index in [0.29, 0.717) is 43.0 Å². The molecule has 2 rings (SSSR count). The van der Waals surface area contributed by atoms with Crippen molar-refractivity contribution in [2.75, 3.05) is 27.9 Å². The first-order chi connectivity index (χ1) is 12.7. The lowest BCUT2D eigenvalue weighted by atomic mass is 10.2. The number of hydrogen-bond donors (Lipinski definition) is 2. The molecule has 0 saturated carbocycles. The first kappa shape index (κ1) is 22.8. The van der Waals surface area contributed by atoms with Crippen LogP contribution in [0.2, 0.25) is 0 Å². The number of ether oxygens (including phenoxy) is 3. The quantitative estimate of drug-likeness (QED) is 0.340. The van der Waals surface area contributed by atoms with Crippen LogP contribution in [0, 0.1) is 0 Å². The Balaban J connectivity index is 0.00000364. The van der Waals surface area contributed by atoms with Gasteiger partial charge in [-0.25, -0.2) is 4.98 Å². The molecule has 0 radical (unpaired) electrons. The van der Waals surface area contributed by atoms with Gasteiger partial charge in [0.1, 0.15) is 0 Å². The SMILES string of the molecule is CCOc1ncccc1CNC(=NC)NCc1ccc(OC)c(OC)c1.I. The van der Waals surface area contributed by atoms with Gasteiger partial charge in [-0.1, -0.05) is 12.1 Å². The molecule has 148 valence electrons. The van der Waals surface area contributed by atoms with Crippen LogP contribution in [0.1, 0.15) is 18.1 Å². The van der Waals surface area contributed by atoms with Gasteiger partial charge >= 0.3 is 0 Å². The molecule has 0 aliphatic rings. The van der Waals surface area contributed by atoms with Crippen molar-refractivity contribution in [1.82, 2.24) is 15.6 Å². The second-order valence-corrected chi connectivity index (χ2v) is 5.37. The summed E-state index contributed by atoms with van der Waals surface area (Å²) in [5.41, 5.74) is 2.03. The van der Waals surface area contributed by atoms with Crippen molar-refractivity contribution in [3.63, 3.8) is 0 Å². The summed E-state index contributed by atoms with van der Waals surface area (Å²) in [4.78, 5) is 8.50. The number of nitrogens with zero attached hydrogens (tertiary/aromatic N) is 2. The molecule has 0 unspecified atom stereocenters. The topological polar surface area (TPSA) is 77.0 Å². The molecule has 1 aromatic heterocycles. The molecule has 0 bridgehead atoms. The van der Waals surface area contributed by atoms with Crippen molar-refractivity contribution < 1.29 is 14.2 Å². The molecule has 1 heterocycles. The highest BCUT2D eigenvalue weighted by molar-refractivity contribution is 14.0. The molecule has 1 aromatic carbocycles. The summed E-state index contributed by atoms with van der Waals surface area (Å²) in [5, 5.41) is 6.55. The molecule has 0 amide bonds.